The molecule has 0 fully saturated rings. The van der Waals surface area contributed by atoms with E-state index in [1.165, 1.54) is 12.1 Å². The van der Waals surface area contributed by atoms with E-state index in [1.807, 2.05) is 0 Å². The lowest BCUT2D eigenvalue weighted by Crippen LogP contribution is -2.32. The fourth-order valence-electron chi connectivity index (χ4n) is 1.91. The molecule has 0 unspecified atom stereocenters. The largest absolute Gasteiger partial charge is 0.508 e. The van der Waals surface area contributed by atoms with E-state index in [2.05, 4.69) is 0 Å². The first-order chi connectivity index (χ1) is 9.97. The van der Waals surface area contributed by atoms with Gasteiger partial charge in [-0.15, -0.1) is 0 Å². The number of phenolic OH excluding ortho intramolecular Hbond substituents is 1. The molecule has 0 heterocycles. The Balaban J connectivity index is 2.13. The van der Waals surface area contributed by atoms with Gasteiger partial charge in [0.05, 0.1) is 0 Å². The van der Waals surface area contributed by atoms with E-state index < -0.39 is 12.0 Å². The van der Waals surface area contributed by atoms with Crippen LogP contribution in [0.4, 0.5) is 0 Å². The number of ketones is 1. The summed E-state index contributed by atoms with van der Waals surface area (Å²) in [5, 5.41) is 18.0. The van der Waals surface area contributed by atoms with Crippen molar-refractivity contribution >= 4 is 11.8 Å². The third-order valence-corrected chi connectivity index (χ3v) is 3.12. The van der Waals surface area contributed by atoms with Gasteiger partial charge in [-0.2, -0.15) is 0 Å². The van der Waals surface area contributed by atoms with Crippen LogP contribution >= 0.6 is 0 Å². The first kappa shape index (κ1) is 14.7. The van der Waals surface area contributed by atoms with E-state index in [1.54, 1.807) is 36.4 Å². The number of benzene rings is 2. The Hall–Kier alpha value is -2.66. The van der Waals surface area contributed by atoms with Crippen molar-refractivity contribution in [3.8, 4) is 5.75 Å². The number of phenols is 1. The summed E-state index contributed by atoms with van der Waals surface area (Å²) in [7, 11) is 0. The highest BCUT2D eigenvalue weighted by Crippen LogP contribution is 2.15. The topological polar surface area (TPSA) is 101 Å². The molecule has 5 heteroatoms. The van der Waals surface area contributed by atoms with Crippen LogP contribution in [-0.2, 0) is 11.2 Å². The lowest BCUT2D eigenvalue weighted by Gasteiger charge is -2.07. The predicted octanol–water partition coefficient (Wildman–Crippen LogP) is 1.58. The summed E-state index contributed by atoms with van der Waals surface area (Å²) in [5.74, 6) is -1.12. The van der Waals surface area contributed by atoms with Crippen molar-refractivity contribution in [1.82, 2.24) is 0 Å². The van der Waals surface area contributed by atoms with Gasteiger partial charge < -0.3 is 15.9 Å². The van der Waals surface area contributed by atoms with Gasteiger partial charge in [-0.1, -0.05) is 24.3 Å². The van der Waals surface area contributed by atoms with Crippen molar-refractivity contribution < 1.29 is 19.8 Å². The molecule has 0 saturated carbocycles. The van der Waals surface area contributed by atoms with Crippen molar-refractivity contribution in [3.05, 3.63) is 65.2 Å². The molecule has 0 spiro atoms. The van der Waals surface area contributed by atoms with Gasteiger partial charge in [0.25, 0.3) is 0 Å². The summed E-state index contributed by atoms with van der Waals surface area (Å²) in [6, 6.07) is 11.7. The van der Waals surface area contributed by atoms with Crippen LogP contribution in [0.15, 0.2) is 48.5 Å². The molecular weight excluding hydrogens is 270 g/mol. The summed E-state index contributed by atoms with van der Waals surface area (Å²) < 4.78 is 0. The zero-order valence-electron chi connectivity index (χ0n) is 11.2. The van der Waals surface area contributed by atoms with Gasteiger partial charge >= 0.3 is 5.97 Å². The molecule has 0 radical (unpaired) electrons. The maximum Gasteiger partial charge on any atom is 0.320 e. The highest BCUT2D eigenvalue weighted by Gasteiger charge is 2.13. The van der Waals surface area contributed by atoms with Gasteiger partial charge in [-0.3, -0.25) is 9.59 Å². The molecule has 2 rings (SSSR count). The third-order valence-electron chi connectivity index (χ3n) is 3.12. The van der Waals surface area contributed by atoms with Gasteiger partial charge in [-0.25, -0.2) is 0 Å². The molecule has 2 aromatic carbocycles. The van der Waals surface area contributed by atoms with E-state index in [9.17, 15) is 14.7 Å². The molecule has 108 valence electrons. The maximum atomic E-state index is 12.2. The van der Waals surface area contributed by atoms with Gasteiger partial charge in [0.2, 0.25) is 0 Å². The molecule has 0 aliphatic carbocycles. The second-order valence-corrected chi connectivity index (χ2v) is 4.72. The molecule has 0 bridgehead atoms. The van der Waals surface area contributed by atoms with Gasteiger partial charge in [0.1, 0.15) is 11.8 Å². The van der Waals surface area contributed by atoms with Crippen molar-refractivity contribution in [1.29, 1.82) is 0 Å². The van der Waals surface area contributed by atoms with Crippen molar-refractivity contribution in [2.45, 2.75) is 12.5 Å². The van der Waals surface area contributed by atoms with E-state index >= 15 is 0 Å². The van der Waals surface area contributed by atoms with Crippen LogP contribution in [0.5, 0.6) is 5.75 Å². The van der Waals surface area contributed by atoms with E-state index in [0.717, 1.165) is 5.56 Å². The first-order valence-electron chi connectivity index (χ1n) is 6.38. The number of hydrogen-bond acceptors (Lipinski definition) is 4. The number of carbonyl (C=O) groups excluding carboxylic acids is 1. The van der Waals surface area contributed by atoms with Crippen LogP contribution < -0.4 is 5.73 Å². The van der Waals surface area contributed by atoms with Crippen molar-refractivity contribution in [2.24, 2.45) is 5.73 Å². The fraction of sp³-hybridized carbons (Fsp3) is 0.125. The Bertz CT molecular complexity index is 647. The number of carbonyl (C=O) groups is 2. The third kappa shape index (κ3) is 3.67. The number of rotatable bonds is 5. The quantitative estimate of drug-likeness (QED) is 0.724. The minimum atomic E-state index is -1.06. The normalized spacial score (nSPS) is 11.9. The van der Waals surface area contributed by atoms with Gasteiger partial charge in [0.15, 0.2) is 5.78 Å². The van der Waals surface area contributed by atoms with E-state index in [4.69, 9.17) is 10.8 Å². The average molecular weight is 285 g/mol. The standard InChI is InChI=1S/C16H15NO4/c17-14(16(20)21)9-10-1-3-11(4-2-10)15(19)12-5-7-13(18)8-6-12/h1-8,14,18H,9,17H2,(H,20,21)/t14-/m1/s1. The van der Waals surface area contributed by atoms with Crippen molar-refractivity contribution in [3.63, 3.8) is 0 Å². The fourth-order valence-corrected chi connectivity index (χ4v) is 1.91. The highest BCUT2D eigenvalue weighted by atomic mass is 16.4. The van der Waals surface area contributed by atoms with Crippen molar-refractivity contribution in [2.75, 3.05) is 0 Å². The second-order valence-electron chi connectivity index (χ2n) is 4.72. The first-order valence-corrected chi connectivity index (χ1v) is 6.38. The lowest BCUT2D eigenvalue weighted by molar-refractivity contribution is -0.138. The Morgan fingerprint density at radius 2 is 1.43 bits per heavy atom. The van der Waals surface area contributed by atoms with Crippen LogP contribution in [0, 0.1) is 0 Å². The van der Waals surface area contributed by atoms with Crippen LogP contribution in [0.25, 0.3) is 0 Å². The monoisotopic (exact) mass is 285 g/mol. The summed E-state index contributed by atoms with van der Waals surface area (Å²) in [4.78, 5) is 22.9. The molecule has 5 nitrogen and oxygen atoms in total. The van der Waals surface area contributed by atoms with Gasteiger partial charge in [-0.05, 0) is 36.2 Å². The Morgan fingerprint density at radius 3 is 1.90 bits per heavy atom. The lowest BCUT2D eigenvalue weighted by atomic mass is 10.00. The molecule has 0 amide bonds. The summed E-state index contributed by atoms with van der Waals surface area (Å²) in [6.45, 7) is 0. The van der Waals surface area contributed by atoms with Crippen LogP contribution in [0.1, 0.15) is 21.5 Å². The van der Waals surface area contributed by atoms with Gasteiger partial charge in [0, 0.05) is 11.1 Å². The molecular formula is C16H15NO4. The number of nitrogens with two attached hydrogens (primary N) is 1. The molecule has 0 aromatic heterocycles. The number of aromatic hydroxyl groups is 1. The van der Waals surface area contributed by atoms with Crippen LogP contribution in [0.3, 0.4) is 0 Å². The molecule has 21 heavy (non-hydrogen) atoms. The Kier molecular flexibility index (Phi) is 4.35. The maximum absolute atomic E-state index is 12.2. The van der Waals surface area contributed by atoms with Crippen LogP contribution in [-0.4, -0.2) is 28.0 Å². The van der Waals surface area contributed by atoms with Crippen LogP contribution in [0.2, 0.25) is 0 Å². The number of carboxylic acid groups (broad SMARTS) is 1. The molecule has 0 saturated heterocycles. The number of aliphatic carboxylic acids is 1. The zero-order chi connectivity index (χ0) is 15.4. The SMILES string of the molecule is N[C@H](Cc1ccc(C(=O)c2ccc(O)cc2)cc1)C(=O)O. The molecule has 2 aromatic rings. The Labute approximate surface area is 121 Å². The average Bonchev–Trinajstić information content (AvgIpc) is 2.48. The summed E-state index contributed by atoms with van der Waals surface area (Å²) in [5.41, 5.74) is 7.19. The zero-order valence-corrected chi connectivity index (χ0v) is 11.2. The predicted molar refractivity (Wildman–Crippen MR) is 77.3 cm³/mol. The minimum absolute atomic E-state index is 0.101. The number of hydrogen-bond donors (Lipinski definition) is 3. The van der Waals surface area contributed by atoms with E-state index in [-0.39, 0.29) is 18.0 Å². The Morgan fingerprint density at radius 1 is 0.952 bits per heavy atom. The highest BCUT2D eigenvalue weighted by molar-refractivity contribution is 6.09. The number of carboxylic acids is 1. The summed E-state index contributed by atoms with van der Waals surface area (Å²) >= 11 is 0. The van der Waals surface area contributed by atoms with E-state index in [0.29, 0.717) is 11.1 Å². The second kappa shape index (κ2) is 6.19. The molecule has 0 aliphatic heterocycles. The molecule has 4 N–H and O–H groups in total. The minimum Gasteiger partial charge on any atom is -0.508 e. The summed E-state index contributed by atoms with van der Waals surface area (Å²) in [6.07, 6.45) is 0.211. The molecule has 1 atom stereocenters. The molecule has 0 aliphatic rings. The smallest absolute Gasteiger partial charge is 0.320 e.